The highest BCUT2D eigenvalue weighted by atomic mass is 79.9. The zero-order chi connectivity index (χ0) is 23.8. The summed E-state index contributed by atoms with van der Waals surface area (Å²) in [5, 5.41) is 14.8. The highest BCUT2D eigenvalue weighted by Crippen LogP contribution is 2.37. The van der Waals surface area contributed by atoms with Crippen LogP contribution in [0.1, 0.15) is 29.5 Å². The molecule has 7 nitrogen and oxygen atoms in total. The molecule has 1 aromatic carbocycles. The zero-order valence-electron chi connectivity index (χ0n) is 17.0. The van der Waals surface area contributed by atoms with Crippen LogP contribution in [-0.2, 0) is 9.59 Å². The lowest BCUT2D eigenvalue weighted by atomic mass is 9.94. The molecule has 0 bridgehead atoms. The van der Waals surface area contributed by atoms with Crippen molar-refractivity contribution in [2.24, 2.45) is 4.99 Å². The SMILES string of the molecule is O=CC1=C(CN2CC(F)(F)CC[C@H]2C(=O)O)NC(c2nccs2)=N[C@H]1c1ccc(F)cc1Br. The maximum absolute atomic E-state index is 14.1. The first kappa shape index (κ1) is 23.6. The van der Waals surface area contributed by atoms with Crippen molar-refractivity contribution < 1.29 is 27.9 Å². The summed E-state index contributed by atoms with van der Waals surface area (Å²) in [6, 6.07) is 1.96. The molecular weight excluding hydrogens is 525 g/mol. The second-order valence-electron chi connectivity index (χ2n) is 7.71. The number of amidine groups is 1. The molecule has 0 aliphatic carbocycles. The largest absolute Gasteiger partial charge is 0.480 e. The molecule has 0 unspecified atom stereocenters. The first-order valence-corrected chi connectivity index (χ1v) is 11.6. The average molecular weight is 543 g/mol. The Morgan fingerprint density at radius 3 is 2.85 bits per heavy atom. The summed E-state index contributed by atoms with van der Waals surface area (Å²) in [6.45, 7) is -0.990. The molecule has 1 fully saturated rings. The molecule has 0 spiro atoms. The van der Waals surface area contributed by atoms with Crippen molar-refractivity contribution >= 4 is 45.4 Å². The predicted octanol–water partition coefficient (Wildman–Crippen LogP) is 3.77. The molecule has 2 atom stereocenters. The van der Waals surface area contributed by atoms with Crippen molar-refractivity contribution in [3.05, 3.63) is 61.9 Å². The van der Waals surface area contributed by atoms with Crippen molar-refractivity contribution in [3.8, 4) is 0 Å². The quantitative estimate of drug-likeness (QED) is 0.539. The number of aliphatic carboxylic acids is 1. The number of aliphatic imine (C=N–C) groups is 1. The molecule has 174 valence electrons. The van der Waals surface area contributed by atoms with Gasteiger partial charge in [-0.15, -0.1) is 11.3 Å². The van der Waals surface area contributed by atoms with Gasteiger partial charge in [0.1, 0.15) is 24.2 Å². The van der Waals surface area contributed by atoms with E-state index in [0.29, 0.717) is 27.2 Å². The normalized spacial score (nSPS) is 23.1. The van der Waals surface area contributed by atoms with Crippen LogP contribution in [0, 0.1) is 5.82 Å². The summed E-state index contributed by atoms with van der Waals surface area (Å²) in [5.41, 5.74) is 0.876. The van der Waals surface area contributed by atoms with E-state index in [4.69, 9.17) is 0 Å². The Kier molecular flexibility index (Phi) is 6.68. The number of carbonyl (C=O) groups excluding carboxylic acids is 1. The van der Waals surface area contributed by atoms with Gasteiger partial charge in [-0.05, 0) is 24.1 Å². The number of carboxylic acid groups (broad SMARTS) is 1. The van der Waals surface area contributed by atoms with E-state index < -0.39 is 42.8 Å². The molecule has 2 N–H and O–H groups in total. The van der Waals surface area contributed by atoms with Crippen LogP contribution in [-0.4, -0.2) is 58.1 Å². The number of aromatic nitrogens is 1. The zero-order valence-corrected chi connectivity index (χ0v) is 19.4. The van der Waals surface area contributed by atoms with E-state index in [1.165, 1.54) is 29.5 Å². The standard InChI is InChI=1S/C21H18BrF3N4O3S/c22-14-7-11(23)1-2-12(14)17-13(9-30)15(27-18(28-17)19-26-5-6-33-19)8-29-10-21(24,25)4-3-16(29)20(31)32/h1-2,5-7,9,16-17H,3-4,8,10H2,(H,27,28)(H,31,32)/t16-,17-/m0/s1. The predicted molar refractivity (Wildman–Crippen MR) is 119 cm³/mol. The van der Waals surface area contributed by atoms with Crippen LogP contribution in [0.3, 0.4) is 0 Å². The van der Waals surface area contributed by atoms with E-state index in [1.807, 2.05) is 0 Å². The molecule has 0 saturated carbocycles. The van der Waals surface area contributed by atoms with Gasteiger partial charge in [-0.1, -0.05) is 22.0 Å². The number of piperidine rings is 1. The van der Waals surface area contributed by atoms with E-state index in [0.717, 1.165) is 4.90 Å². The maximum atomic E-state index is 14.1. The number of hydrogen-bond donors (Lipinski definition) is 2. The lowest BCUT2D eigenvalue weighted by molar-refractivity contribution is -0.151. The third-order valence-electron chi connectivity index (χ3n) is 5.49. The van der Waals surface area contributed by atoms with Crippen molar-refractivity contribution in [3.63, 3.8) is 0 Å². The fourth-order valence-electron chi connectivity index (χ4n) is 3.95. The number of nitrogens with zero attached hydrogens (tertiary/aromatic N) is 3. The van der Waals surface area contributed by atoms with Crippen LogP contribution in [0.2, 0.25) is 0 Å². The molecule has 3 heterocycles. The Balaban J connectivity index is 1.78. The Labute approximate surface area is 199 Å². The molecule has 2 aliphatic heterocycles. The topological polar surface area (TPSA) is 94.9 Å². The maximum Gasteiger partial charge on any atom is 0.320 e. The third kappa shape index (κ3) is 5.02. The number of hydrogen-bond acceptors (Lipinski definition) is 7. The summed E-state index contributed by atoms with van der Waals surface area (Å²) < 4.78 is 42.3. The third-order valence-corrected chi connectivity index (χ3v) is 6.96. The van der Waals surface area contributed by atoms with Crippen LogP contribution in [0.5, 0.6) is 0 Å². The van der Waals surface area contributed by atoms with Crippen LogP contribution in [0.25, 0.3) is 0 Å². The van der Waals surface area contributed by atoms with E-state index >= 15 is 0 Å². The number of alkyl halides is 2. The second kappa shape index (κ2) is 9.35. The minimum absolute atomic E-state index is 0.139. The number of rotatable bonds is 6. The fourth-order valence-corrected chi connectivity index (χ4v) is 5.11. The van der Waals surface area contributed by atoms with Gasteiger partial charge in [0.05, 0.1) is 6.54 Å². The molecule has 2 aromatic rings. The van der Waals surface area contributed by atoms with Crippen LogP contribution < -0.4 is 5.32 Å². The Bertz CT molecular complexity index is 1140. The summed E-state index contributed by atoms with van der Waals surface area (Å²) in [4.78, 5) is 33.8. The van der Waals surface area contributed by atoms with Gasteiger partial charge in [0.25, 0.3) is 5.92 Å². The van der Waals surface area contributed by atoms with Gasteiger partial charge in [0.15, 0.2) is 10.8 Å². The number of likely N-dealkylation sites (tertiary alicyclic amines) is 1. The molecule has 0 amide bonds. The molecule has 33 heavy (non-hydrogen) atoms. The van der Waals surface area contributed by atoms with Gasteiger partial charge in [-0.25, -0.2) is 18.2 Å². The molecule has 0 radical (unpaired) electrons. The van der Waals surface area contributed by atoms with E-state index in [2.05, 4.69) is 31.2 Å². The van der Waals surface area contributed by atoms with Gasteiger partial charge in [0.2, 0.25) is 0 Å². The molecule has 1 saturated heterocycles. The summed E-state index contributed by atoms with van der Waals surface area (Å²) in [6.07, 6.45) is 1.39. The average Bonchev–Trinajstić information content (AvgIpc) is 3.27. The number of thiazole rings is 1. The fraction of sp³-hybridized carbons (Fsp3) is 0.333. The first-order valence-electron chi connectivity index (χ1n) is 9.91. The van der Waals surface area contributed by atoms with Gasteiger partial charge < -0.3 is 10.4 Å². The Hall–Kier alpha value is -2.57. The van der Waals surface area contributed by atoms with Gasteiger partial charge in [-0.3, -0.25) is 19.5 Å². The summed E-state index contributed by atoms with van der Waals surface area (Å²) in [7, 11) is 0. The minimum atomic E-state index is -3.05. The van der Waals surface area contributed by atoms with Crippen LogP contribution in [0.15, 0.2) is 50.5 Å². The number of carboxylic acids is 1. The molecular formula is C21H18BrF3N4O3S. The smallest absolute Gasteiger partial charge is 0.320 e. The highest BCUT2D eigenvalue weighted by Gasteiger charge is 2.43. The van der Waals surface area contributed by atoms with Gasteiger partial charge in [-0.2, -0.15) is 0 Å². The molecule has 4 rings (SSSR count). The van der Waals surface area contributed by atoms with Crippen molar-refractivity contribution in [1.82, 2.24) is 15.2 Å². The molecule has 2 aliphatic rings. The highest BCUT2D eigenvalue weighted by molar-refractivity contribution is 9.10. The van der Waals surface area contributed by atoms with Crippen molar-refractivity contribution in [1.29, 1.82) is 0 Å². The lowest BCUT2D eigenvalue weighted by Gasteiger charge is -2.38. The number of halogens is 4. The summed E-state index contributed by atoms with van der Waals surface area (Å²) in [5.74, 6) is -4.43. The number of benzene rings is 1. The van der Waals surface area contributed by atoms with Crippen LogP contribution >= 0.6 is 27.3 Å². The first-order chi connectivity index (χ1) is 15.7. The minimum Gasteiger partial charge on any atom is -0.480 e. The Morgan fingerprint density at radius 1 is 1.42 bits per heavy atom. The van der Waals surface area contributed by atoms with Gasteiger partial charge >= 0.3 is 5.97 Å². The van der Waals surface area contributed by atoms with E-state index in [1.54, 1.807) is 11.6 Å². The monoisotopic (exact) mass is 542 g/mol. The number of nitrogens with one attached hydrogen (secondary N) is 1. The van der Waals surface area contributed by atoms with Gasteiger partial charge in [0, 0.05) is 40.3 Å². The van der Waals surface area contributed by atoms with E-state index in [9.17, 15) is 27.9 Å². The molecule has 12 heteroatoms. The van der Waals surface area contributed by atoms with Crippen LogP contribution in [0.4, 0.5) is 13.2 Å². The summed E-state index contributed by atoms with van der Waals surface area (Å²) >= 11 is 4.58. The van der Waals surface area contributed by atoms with E-state index in [-0.39, 0.29) is 24.2 Å². The second-order valence-corrected chi connectivity index (χ2v) is 9.46. The molecule has 1 aromatic heterocycles. The lowest BCUT2D eigenvalue weighted by Crippen LogP contribution is -2.53. The van der Waals surface area contributed by atoms with Crippen molar-refractivity contribution in [2.45, 2.75) is 30.8 Å². The van der Waals surface area contributed by atoms with Crippen molar-refractivity contribution in [2.75, 3.05) is 13.1 Å². The Morgan fingerprint density at radius 2 is 2.21 bits per heavy atom. The number of carbonyl (C=O) groups is 2. The number of aldehydes is 1.